The van der Waals surface area contributed by atoms with Crippen LogP contribution < -0.4 is 17.0 Å². The Hall–Kier alpha value is -0.720. The zero-order chi connectivity index (χ0) is 30.1. The summed E-state index contributed by atoms with van der Waals surface area (Å²) in [5.41, 5.74) is 14.9. The molecular formula is C37H61N3O2. The Morgan fingerprint density at radius 2 is 1.76 bits per heavy atom. The van der Waals surface area contributed by atoms with E-state index < -0.39 is 0 Å². The maximum atomic E-state index is 6.91. The summed E-state index contributed by atoms with van der Waals surface area (Å²) in [7, 11) is 0. The minimum atomic E-state index is -0.302. The quantitative estimate of drug-likeness (QED) is 0.168. The van der Waals surface area contributed by atoms with E-state index in [2.05, 4.69) is 73.0 Å². The van der Waals surface area contributed by atoms with Gasteiger partial charge in [0, 0.05) is 35.6 Å². The van der Waals surface area contributed by atoms with E-state index in [-0.39, 0.29) is 28.5 Å². The average Bonchev–Trinajstić information content (AvgIpc) is 2.94. The van der Waals surface area contributed by atoms with E-state index >= 15 is 0 Å². The first-order chi connectivity index (χ1) is 19.8. The van der Waals surface area contributed by atoms with Crippen LogP contribution in [0.2, 0.25) is 0 Å². The molecule has 5 fully saturated rings. The van der Waals surface area contributed by atoms with Crippen molar-refractivity contribution in [3.8, 4) is 0 Å². The van der Waals surface area contributed by atoms with Crippen molar-refractivity contribution in [3.05, 3.63) is 23.3 Å². The molecule has 1 heterocycles. The molecule has 7 aliphatic rings. The van der Waals surface area contributed by atoms with Gasteiger partial charge < -0.3 is 15.2 Å². The van der Waals surface area contributed by atoms with Crippen molar-refractivity contribution in [3.63, 3.8) is 0 Å². The van der Waals surface area contributed by atoms with Crippen molar-refractivity contribution < 1.29 is 9.47 Å². The molecule has 1 aliphatic heterocycles. The van der Waals surface area contributed by atoms with E-state index in [0.717, 1.165) is 43.8 Å². The minimum Gasteiger partial charge on any atom is -0.381 e. The molecule has 5 N–H and O–H groups in total. The highest BCUT2D eigenvalue weighted by atomic mass is 16.5. The van der Waals surface area contributed by atoms with Crippen LogP contribution in [0.25, 0.3) is 0 Å². The SMILES string of the molecule is CC(C)[C@@H](C)[C@]12CCC3(C)C4CCC5[C@@](C)(C4=CC[C@]34C=C(C1)[C@H]24)C(C)[C@]5(C)C(OCC1(N)CCOCC1)[C@@H](C)NN. The van der Waals surface area contributed by atoms with Gasteiger partial charge in [-0.1, -0.05) is 71.8 Å². The van der Waals surface area contributed by atoms with Gasteiger partial charge >= 0.3 is 0 Å². The van der Waals surface area contributed by atoms with Crippen molar-refractivity contribution >= 4 is 0 Å². The molecule has 0 amide bonds. The molecule has 5 heteroatoms. The first-order valence-corrected chi connectivity index (χ1v) is 17.6. The van der Waals surface area contributed by atoms with Gasteiger partial charge in [-0.3, -0.25) is 11.3 Å². The van der Waals surface area contributed by atoms with E-state index in [1.54, 1.807) is 0 Å². The molecule has 12 atom stereocenters. The normalized spacial score (nSPS) is 50.3. The monoisotopic (exact) mass is 579 g/mol. The maximum Gasteiger partial charge on any atom is 0.0798 e. The van der Waals surface area contributed by atoms with Crippen molar-refractivity contribution in [2.24, 2.45) is 74.2 Å². The molecule has 42 heavy (non-hydrogen) atoms. The van der Waals surface area contributed by atoms with Crippen LogP contribution >= 0.6 is 0 Å². The molecule has 6 aliphatic carbocycles. The second-order valence-corrected chi connectivity index (χ2v) is 17.6. The summed E-state index contributed by atoms with van der Waals surface area (Å²) < 4.78 is 12.5. The molecule has 0 aromatic rings. The molecule has 0 aromatic heterocycles. The number of rotatable bonds is 8. The summed E-state index contributed by atoms with van der Waals surface area (Å²) in [4.78, 5) is 0. The van der Waals surface area contributed by atoms with E-state index in [0.29, 0.717) is 40.6 Å². The van der Waals surface area contributed by atoms with E-state index in [1.165, 1.54) is 38.5 Å². The Bertz CT molecular complexity index is 1170. The Kier molecular flexibility index (Phi) is 6.71. The highest BCUT2D eigenvalue weighted by Crippen LogP contribution is 2.85. The lowest BCUT2D eigenvalue weighted by atomic mass is 9.24. The molecule has 4 saturated carbocycles. The van der Waals surface area contributed by atoms with Crippen molar-refractivity contribution in [2.45, 2.75) is 124 Å². The molecular weight excluding hydrogens is 518 g/mol. The summed E-state index contributed by atoms with van der Waals surface area (Å²) >= 11 is 0. The Morgan fingerprint density at radius 1 is 1.05 bits per heavy atom. The summed E-state index contributed by atoms with van der Waals surface area (Å²) in [6, 6.07) is 0.0656. The topological polar surface area (TPSA) is 82.5 Å². The fourth-order valence-electron chi connectivity index (χ4n) is 13.4. The van der Waals surface area contributed by atoms with Gasteiger partial charge in [0.05, 0.1) is 12.7 Å². The number of hydrogen-bond donors (Lipinski definition) is 3. The van der Waals surface area contributed by atoms with Gasteiger partial charge in [0.1, 0.15) is 0 Å². The number of ether oxygens (including phenoxy) is 2. The molecule has 0 radical (unpaired) electrons. The molecule has 0 bridgehead atoms. The van der Waals surface area contributed by atoms with Gasteiger partial charge in [-0.25, -0.2) is 0 Å². The summed E-state index contributed by atoms with van der Waals surface area (Å²) in [5.74, 6) is 10.4. The third-order valence-corrected chi connectivity index (χ3v) is 16.4. The Balaban J connectivity index is 1.18. The molecule has 5 nitrogen and oxygen atoms in total. The molecule has 1 saturated heterocycles. The average molecular weight is 580 g/mol. The standard InChI is InChI=1S/C37H61N3O2/c1-22(2)23(3)36-14-13-32(6)27-9-10-29-33(7,28(27)11-12-37(32)20-26(19-36)30(36)37)25(5)34(29,8)31(24(4)40-39)42-21-35(38)15-17-41-18-16-35/h11,20,22-25,27,29-31,40H,9-10,12-19,21,38-39H2,1-8H3/t23-,24-,25?,27?,29?,30-,31?,32?,33-,34+,36+,37-/m1/s1. The minimum absolute atomic E-state index is 0.0291. The molecule has 0 aromatic carbocycles. The lowest BCUT2D eigenvalue weighted by Crippen LogP contribution is -2.75. The maximum absolute atomic E-state index is 6.91. The van der Waals surface area contributed by atoms with Crippen LogP contribution in [0.4, 0.5) is 0 Å². The number of hydrogen-bond acceptors (Lipinski definition) is 5. The summed E-state index contributed by atoms with van der Waals surface area (Å²) in [5, 5.41) is 0. The van der Waals surface area contributed by atoms with Crippen molar-refractivity contribution in [2.75, 3.05) is 19.8 Å². The van der Waals surface area contributed by atoms with Crippen LogP contribution in [0.5, 0.6) is 0 Å². The van der Waals surface area contributed by atoms with Crippen LogP contribution in [0, 0.1) is 62.6 Å². The lowest BCUT2D eigenvalue weighted by Gasteiger charge is -2.80. The smallest absolute Gasteiger partial charge is 0.0798 e. The zero-order valence-electron chi connectivity index (χ0n) is 28.0. The fourth-order valence-corrected chi connectivity index (χ4v) is 13.4. The number of nitrogens with one attached hydrogen (secondary N) is 1. The van der Waals surface area contributed by atoms with Crippen molar-refractivity contribution in [1.29, 1.82) is 0 Å². The van der Waals surface area contributed by atoms with Crippen LogP contribution in [0.15, 0.2) is 23.3 Å². The van der Waals surface area contributed by atoms with Gasteiger partial charge in [0.15, 0.2) is 0 Å². The van der Waals surface area contributed by atoms with Gasteiger partial charge in [0.2, 0.25) is 0 Å². The van der Waals surface area contributed by atoms with Gasteiger partial charge in [-0.2, -0.15) is 0 Å². The molecule has 236 valence electrons. The number of hydrazine groups is 1. The largest absolute Gasteiger partial charge is 0.381 e. The number of nitrogens with two attached hydrogens (primary N) is 2. The summed E-state index contributed by atoms with van der Waals surface area (Å²) in [6.07, 6.45) is 15.5. The first kappa shape index (κ1) is 30.0. The van der Waals surface area contributed by atoms with E-state index in [1.807, 2.05) is 11.1 Å². The van der Waals surface area contributed by atoms with Crippen molar-refractivity contribution in [1.82, 2.24) is 5.43 Å². The van der Waals surface area contributed by atoms with Gasteiger partial charge in [-0.05, 0) is 110 Å². The predicted molar refractivity (Wildman–Crippen MR) is 170 cm³/mol. The highest BCUT2D eigenvalue weighted by molar-refractivity contribution is 5.50. The van der Waals surface area contributed by atoms with E-state index in [9.17, 15) is 0 Å². The molecule has 5 unspecified atom stereocenters. The fraction of sp³-hybridized carbons (Fsp3) is 0.892. The van der Waals surface area contributed by atoms with Crippen LogP contribution in [-0.2, 0) is 9.47 Å². The third-order valence-electron chi connectivity index (χ3n) is 16.4. The number of allylic oxidation sites excluding steroid dienone is 4. The Morgan fingerprint density at radius 3 is 2.40 bits per heavy atom. The second-order valence-electron chi connectivity index (χ2n) is 17.6. The third kappa shape index (κ3) is 3.39. The zero-order valence-corrected chi connectivity index (χ0v) is 28.0. The van der Waals surface area contributed by atoms with E-state index in [4.69, 9.17) is 21.1 Å². The van der Waals surface area contributed by atoms with Gasteiger partial charge in [0.25, 0.3) is 0 Å². The van der Waals surface area contributed by atoms with Crippen LogP contribution in [0.1, 0.15) is 107 Å². The number of fused-ring (bicyclic) bond motifs is 4. The lowest BCUT2D eigenvalue weighted by molar-refractivity contribution is -0.260. The first-order valence-electron chi connectivity index (χ1n) is 17.6. The molecule has 7 rings (SSSR count). The summed E-state index contributed by atoms with van der Waals surface area (Å²) in [6.45, 7) is 22.1. The molecule has 1 spiro atoms. The second kappa shape index (κ2) is 9.41. The predicted octanol–water partition coefficient (Wildman–Crippen LogP) is 6.77. The highest BCUT2D eigenvalue weighted by Gasteiger charge is 2.78. The van der Waals surface area contributed by atoms with Gasteiger partial charge in [-0.15, -0.1) is 0 Å². The Labute approximate surface area is 256 Å². The van der Waals surface area contributed by atoms with Crippen LogP contribution in [0.3, 0.4) is 0 Å². The van der Waals surface area contributed by atoms with Crippen LogP contribution in [-0.4, -0.2) is 37.5 Å².